The van der Waals surface area contributed by atoms with Gasteiger partial charge >= 0.3 is 5.97 Å². The Balaban J connectivity index is 3.70. The average Bonchev–Trinajstić information content (AvgIpc) is 1.98. The summed E-state index contributed by atoms with van der Waals surface area (Å²) in [5.74, 6) is -0.152. The van der Waals surface area contributed by atoms with Gasteiger partial charge in [-0.3, -0.25) is 9.59 Å². The van der Waals surface area contributed by atoms with Crippen LogP contribution in [0.15, 0.2) is 0 Å². The number of rotatable bonds is 5. The highest BCUT2D eigenvalue weighted by molar-refractivity contribution is 5.82. The van der Waals surface area contributed by atoms with E-state index in [1.807, 2.05) is 27.7 Å². The first-order chi connectivity index (χ1) is 6.35. The van der Waals surface area contributed by atoms with E-state index in [2.05, 4.69) is 0 Å². The molecule has 0 atom stereocenters. The molecule has 0 unspecified atom stereocenters. The minimum absolute atomic E-state index is 0.137. The van der Waals surface area contributed by atoms with Crippen LogP contribution in [0.1, 0.15) is 53.4 Å². The Morgan fingerprint density at radius 1 is 1.07 bits per heavy atom. The molecule has 14 heavy (non-hydrogen) atoms. The molecule has 0 aromatic rings. The van der Waals surface area contributed by atoms with Crippen LogP contribution in [-0.4, -0.2) is 17.4 Å². The predicted molar refractivity (Wildman–Crippen MR) is 55.0 cm³/mol. The van der Waals surface area contributed by atoms with E-state index in [-0.39, 0.29) is 18.2 Å². The Morgan fingerprint density at radius 2 is 1.64 bits per heavy atom. The van der Waals surface area contributed by atoms with E-state index in [1.165, 1.54) is 0 Å². The summed E-state index contributed by atoms with van der Waals surface area (Å²) < 4.78 is 5.08. The molecular formula is C11H20O3. The zero-order chi connectivity index (χ0) is 11.2. The largest absolute Gasteiger partial charge is 0.460 e. The minimum Gasteiger partial charge on any atom is -0.460 e. The summed E-state index contributed by atoms with van der Waals surface area (Å²) in [5.41, 5.74) is -0.453. The minimum atomic E-state index is -0.453. The summed E-state index contributed by atoms with van der Waals surface area (Å²) in [6.07, 6.45) is 1.91. The zero-order valence-electron chi connectivity index (χ0n) is 9.55. The summed E-state index contributed by atoms with van der Waals surface area (Å²) in [6.45, 7) is 7.40. The van der Waals surface area contributed by atoms with Crippen molar-refractivity contribution >= 4 is 11.8 Å². The third-order valence-corrected chi connectivity index (χ3v) is 1.56. The second kappa shape index (κ2) is 5.78. The van der Waals surface area contributed by atoms with Crippen molar-refractivity contribution in [3.8, 4) is 0 Å². The number of carbonyl (C=O) groups excluding carboxylic acids is 2. The van der Waals surface area contributed by atoms with E-state index in [0.29, 0.717) is 12.8 Å². The summed E-state index contributed by atoms with van der Waals surface area (Å²) in [7, 11) is 0. The normalized spacial score (nSPS) is 11.1. The molecule has 0 aliphatic carbocycles. The van der Waals surface area contributed by atoms with Crippen LogP contribution in [0.5, 0.6) is 0 Å². The molecule has 0 saturated carbocycles. The Kier molecular flexibility index (Phi) is 5.43. The van der Waals surface area contributed by atoms with Gasteiger partial charge in [0.1, 0.15) is 11.4 Å². The van der Waals surface area contributed by atoms with Gasteiger partial charge in [-0.2, -0.15) is 0 Å². The maximum absolute atomic E-state index is 11.2. The summed E-state index contributed by atoms with van der Waals surface area (Å²) in [6, 6.07) is 0. The summed E-state index contributed by atoms with van der Waals surface area (Å²) >= 11 is 0. The second-order valence-electron chi connectivity index (χ2n) is 4.38. The molecule has 0 radical (unpaired) electrons. The Bertz CT molecular complexity index is 201. The van der Waals surface area contributed by atoms with E-state index in [9.17, 15) is 9.59 Å². The molecule has 0 heterocycles. The monoisotopic (exact) mass is 200 g/mol. The van der Waals surface area contributed by atoms with Gasteiger partial charge < -0.3 is 4.74 Å². The van der Waals surface area contributed by atoms with Crippen molar-refractivity contribution < 1.29 is 14.3 Å². The van der Waals surface area contributed by atoms with Gasteiger partial charge in [0, 0.05) is 12.8 Å². The smallest absolute Gasteiger partial charge is 0.306 e. The topological polar surface area (TPSA) is 43.4 Å². The maximum Gasteiger partial charge on any atom is 0.306 e. The SMILES string of the molecule is CCCC(=O)CCC(=O)OC(C)(C)C. The van der Waals surface area contributed by atoms with Gasteiger partial charge in [-0.15, -0.1) is 0 Å². The van der Waals surface area contributed by atoms with Crippen molar-refractivity contribution in [2.45, 2.75) is 59.0 Å². The van der Waals surface area contributed by atoms with Gasteiger partial charge in [0.2, 0.25) is 0 Å². The standard InChI is InChI=1S/C11H20O3/c1-5-6-9(12)7-8-10(13)14-11(2,3)4/h5-8H2,1-4H3. The Morgan fingerprint density at radius 3 is 2.07 bits per heavy atom. The molecule has 0 amide bonds. The van der Waals surface area contributed by atoms with Gasteiger partial charge in [0.25, 0.3) is 0 Å². The van der Waals surface area contributed by atoms with Crippen LogP contribution in [0, 0.1) is 0 Å². The van der Waals surface area contributed by atoms with E-state index in [1.54, 1.807) is 0 Å². The van der Waals surface area contributed by atoms with Crippen LogP contribution in [0.3, 0.4) is 0 Å². The first-order valence-electron chi connectivity index (χ1n) is 5.08. The zero-order valence-corrected chi connectivity index (χ0v) is 9.55. The van der Waals surface area contributed by atoms with Crippen LogP contribution in [0.2, 0.25) is 0 Å². The molecule has 0 rings (SSSR count). The van der Waals surface area contributed by atoms with Crippen molar-refractivity contribution in [3.05, 3.63) is 0 Å². The summed E-state index contributed by atoms with van der Waals surface area (Å²) in [5, 5.41) is 0. The van der Waals surface area contributed by atoms with Crippen molar-refractivity contribution in [2.75, 3.05) is 0 Å². The molecule has 82 valence electrons. The van der Waals surface area contributed by atoms with Crippen molar-refractivity contribution in [3.63, 3.8) is 0 Å². The molecule has 0 spiro atoms. The van der Waals surface area contributed by atoms with E-state index in [0.717, 1.165) is 6.42 Å². The molecule has 3 heteroatoms. The van der Waals surface area contributed by atoms with Crippen molar-refractivity contribution in [2.24, 2.45) is 0 Å². The Hall–Kier alpha value is -0.860. The van der Waals surface area contributed by atoms with E-state index in [4.69, 9.17) is 4.74 Å². The third kappa shape index (κ3) is 7.77. The highest BCUT2D eigenvalue weighted by atomic mass is 16.6. The van der Waals surface area contributed by atoms with Crippen LogP contribution < -0.4 is 0 Å². The fraction of sp³-hybridized carbons (Fsp3) is 0.818. The number of ketones is 1. The quantitative estimate of drug-likeness (QED) is 0.640. The summed E-state index contributed by atoms with van der Waals surface area (Å²) in [4.78, 5) is 22.3. The van der Waals surface area contributed by atoms with Crippen LogP contribution >= 0.6 is 0 Å². The number of esters is 1. The highest BCUT2D eigenvalue weighted by Crippen LogP contribution is 2.09. The third-order valence-electron chi connectivity index (χ3n) is 1.56. The van der Waals surface area contributed by atoms with Gasteiger partial charge in [-0.25, -0.2) is 0 Å². The van der Waals surface area contributed by atoms with Crippen LogP contribution in [-0.2, 0) is 14.3 Å². The van der Waals surface area contributed by atoms with Crippen LogP contribution in [0.25, 0.3) is 0 Å². The lowest BCUT2D eigenvalue weighted by Crippen LogP contribution is -2.24. The van der Waals surface area contributed by atoms with Crippen molar-refractivity contribution in [1.82, 2.24) is 0 Å². The molecule has 0 aromatic carbocycles. The molecule has 0 aromatic heterocycles. The highest BCUT2D eigenvalue weighted by Gasteiger charge is 2.16. The molecule has 0 aliphatic rings. The maximum atomic E-state index is 11.2. The molecule has 3 nitrogen and oxygen atoms in total. The van der Waals surface area contributed by atoms with Gasteiger partial charge in [0.05, 0.1) is 6.42 Å². The first kappa shape index (κ1) is 13.1. The molecule has 0 fully saturated rings. The molecule has 0 aliphatic heterocycles. The number of hydrogen-bond acceptors (Lipinski definition) is 3. The molecule has 0 bridgehead atoms. The number of Topliss-reactive ketones (excluding diaryl/α,β-unsaturated/α-hetero) is 1. The Labute approximate surface area is 85.8 Å². The average molecular weight is 200 g/mol. The predicted octanol–water partition coefficient (Wildman–Crippen LogP) is 2.48. The molecule has 0 saturated heterocycles. The first-order valence-corrected chi connectivity index (χ1v) is 5.08. The lowest BCUT2D eigenvalue weighted by Gasteiger charge is -2.19. The van der Waals surface area contributed by atoms with E-state index < -0.39 is 5.60 Å². The lowest BCUT2D eigenvalue weighted by molar-refractivity contribution is -0.155. The second-order valence-corrected chi connectivity index (χ2v) is 4.38. The van der Waals surface area contributed by atoms with Crippen LogP contribution in [0.4, 0.5) is 0 Å². The van der Waals surface area contributed by atoms with Gasteiger partial charge in [0.15, 0.2) is 0 Å². The molecular weight excluding hydrogens is 180 g/mol. The number of ether oxygens (including phenoxy) is 1. The fourth-order valence-electron chi connectivity index (χ4n) is 1.04. The molecule has 0 N–H and O–H groups in total. The van der Waals surface area contributed by atoms with E-state index >= 15 is 0 Å². The van der Waals surface area contributed by atoms with Crippen molar-refractivity contribution in [1.29, 1.82) is 0 Å². The van der Waals surface area contributed by atoms with Gasteiger partial charge in [-0.05, 0) is 27.2 Å². The lowest BCUT2D eigenvalue weighted by atomic mass is 10.1. The fourth-order valence-corrected chi connectivity index (χ4v) is 1.04. The number of carbonyl (C=O) groups is 2. The number of hydrogen-bond donors (Lipinski definition) is 0. The van der Waals surface area contributed by atoms with Gasteiger partial charge in [-0.1, -0.05) is 6.92 Å².